The first-order valence-corrected chi connectivity index (χ1v) is 14.4. The standard InChI is InChI=1S/C31H36F7N3O2.ClH/c1-19-13-24(32)5-6-25(19)26-17-29(8-7-28(3)18-43-12-11-41(28)29)9-10-40(26)27(42)39(4)20(2)21-14-22(30(33,34)35)16-23(15-21)31(36,37)38;/h5-6,13-16,20,26H,7-12,17-18H2,1-4H3;1H/t20-,26-,28-,29+;/m1./s1. The second-order valence-electron chi connectivity index (χ2n) is 12.5. The molecule has 3 fully saturated rings. The van der Waals surface area contributed by atoms with E-state index in [9.17, 15) is 35.5 Å². The first-order valence-electron chi connectivity index (χ1n) is 14.4. The van der Waals surface area contributed by atoms with Crippen LogP contribution in [0, 0.1) is 12.7 Å². The van der Waals surface area contributed by atoms with E-state index in [4.69, 9.17) is 4.74 Å². The first kappa shape index (κ1) is 34.3. The van der Waals surface area contributed by atoms with Crippen LogP contribution in [0.5, 0.6) is 0 Å². The number of carbonyl (C=O) groups is 1. The largest absolute Gasteiger partial charge is 0.416 e. The Balaban J connectivity index is 0.00000442. The lowest BCUT2D eigenvalue weighted by Gasteiger charge is -2.54. The molecule has 2 amide bonds. The first-order chi connectivity index (χ1) is 19.9. The minimum absolute atomic E-state index is 0. The van der Waals surface area contributed by atoms with Crippen molar-refractivity contribution >= 4 is 18.4 Å². The van der Waals surface area contributed by atoms with Crippen molar-refractivity contribution < 1.29 is 40.3 Å². The second kappa shape index (κ2) is 12.0. The van der Waals surface area contributed by atoms with E-state index >= 15 is 0 Å². The highest BCUT2D eigenvalue weighted by atomic mass is 35.5. The molecule has 2 aromatic rings. The van der Waals surface area contributed by atoms with Crippen molar-refractivity contribution in [1.82, 2.24) is 14.7 Å². The van der Waals surface area contributed by atoms with Crippen LogP contribution < -0.4 is 0 Å². The Bertz CT molecular complexity index is 1350. The molecule has 44 heavy (non-hydrogen) atoms. The summed E-state index contributed by atoms with van der Waals surface area (Å²) < 4.78 is 101. The van der Waals surface area contributed by atoms with Crippen molar-refractivity contribution in [3.8, 4) is 0 Å². The van der Waals surface area contributed by atoms with Gasteiger partial charge in [-0.1, -0.05) is 6.07 Å². The monoisotopic (exact) mass is 651 g/mol. The van der Waals surface area contributed by atoms with Crippen LogP contribution >= 0.6 is 12.4 Å². The Morgan fingerprint density at radius 2 is 1.64 bits per heavy atom. The van der Waals surface area contributed by atoms with E-state index in [1.807, 2.05) is 0 Å². The van der Waals surface area contributed by atoms with Gasteiger partial charge in [-0.05, 0) is 93.5 Å². The molecule has 0 aliphatic carbocycles. The number of alkyl halides is 6. The van der Waals surface area contributed by atoms with Gasteiger partial charge in [0.05, 0.1) is 36.4 Å². The summed E-state index contributed by atoms with van der Waals surface area (Å²) in [6.07, 6.45) is -6.98. The number of nitrogens with zero attached hydrogens (tertiary/aromatic N) is 3. The summed E-state index contributed by atoms with van der Waals surface area (Å²) in [5.41, 5.74) is -2.09. The SMILES string of the molecule is Cc1cc(F)ccc1[C@H]1C[C@@]2(CCN1C(=O)N(C)[C@H](C)c1cc(C(F)(F)F)cc(C(F)(F)F)c1)CC[C@]1(C)COCCN12.Cl. The summed E-state index contributed by atoms with van der Waals surface area (Å²) in [6.45, 7) is 7.62. The molecule has 0 radical (unpaired) electrons. The van der Waals surface area contributed by atoms with Gasteiger partial charge in [-0.15, -0.1) is 12.4 Å². The summed E-state index contributed by atoms with van der Waals surface area (Å²) >= 11 is 0. The Labute approximate surface area is 258 Å². The van der Waals surface area contributed by atoms with Crippen LogP contribution in [-0.4, -0.2) is 65.2 Å². The molecule has 1 spiro atoms. The summed E-state index contributed by atoms with van der Waals surface area (Å²) in [4.78, 5) is 19.4. The number of fused-ring (bicyclic) bond motifs is 2. The van der Waals surface area contributed by atoms with Crippen LogP contribution in [0.4, 0.5) is 35.5 Å². The number of benzene rings is 2. The second-order valence-corrected chi connectivity index (χ2v) is 12.5. The molecule has 4 atom stereocenters. The zero-order valence-corrected chi connectivity index (χ0v) is 25.8. The van der Waals surface area contributed by atoms with Gasteiger partial charge >= 0.3 is 18.4 Å². The molecule has 3 aliphatic heterocycles. The number of ether oxygens (including phenoxy) is 1. The quantitative estimate of drug-likeness (QED) is 0.314. The fourth-order valence-corrected chi connectivity index (χ4v) is 7.31. The van der Waals surface area contributed by atoms with Crippen LogP contribution in [0.1, 0.15) is 79.4 Å². The molecule has 3 saturated heterocycles. The molecule has 2 aromatic carbocycles. The molecule has 5 rings (SSSR count). The zero-order chi connectivity index (χ0) is 31.5. The predicted octanol–water partition coefficient (Wildman–Crippen LogP) is 8.17. The van der Waals surface area contributed by atoms with Crippen LogP contribution in [-0.2, 0) is 17.1 Å². The van der Waals surface area contributed by atoms with Gasteiger partial charge in [-0.25, -0.2) is 9.18 Å². The average Bonchev–Trinajstić information content (AvgIpc) is 3.22. The van der Waals surface area contributed by atoms with E-state index in [0.29, 0.717) is 50.3 Å². The number of piperidine rings is 1. The number of carbonyl (C=O) groups excluding carboxylic acids is 1. The molecular formula is C31H37ClF7N3O2. The summed E-state index contributed by atoms with van der Waals surface area (Å²) in [5.74, 6) is -0.415. The van der Waals surface area contributed by atoms with Gasteiger partial charge in [-0.2, -0.15) is 26.3 Å². The highest BCUT2D eigenvalue weighted by Crippen LogP contribution is 2.52. The highest BCUT2D eigenvalue weighted by molar-refractivity contribution is 5.85. The number of amides is 2. The van der Waals surface area contributed by atoms with Gasteiger partial charge in [0.25, 0.3) is 0 Å². The third-order valence-corrected chi connectivity index (χ3v) is 9.80. The minimum atomic E-state index is -5.00. The normalized spacial score (nSPS) is 26.7. The third kappa shape index (κ3) is 6.26. The molecule has 5 nitrogen and oxygen atoms in total. The van der Waals surface area contributed by atoms with E-state index in [1.165, 1.54) is 31.0 Å². The Morgan fingerprint density at radius 3 is 2.23 bits per heavy atom. The van der Waals surface area contributed by atoms with Crippen molar-refractivity contribution in [2.24, 2.45) is 0 Å². The lowest BCUT2D eigenvalue weighted by Crippen LogP contribution is -2.62. The van der Waals surface area contributed by atoms with Crippen molar-refractivity contribution in [1.29, 1.82) is 0 Å². The van der Waals surface area contributed by atoms with E-state index in [-0.39, 0.29) is 35.1 Å². The van der Waals surface area contributed by atoms with E-state index in [2.05, 4.69) is 11.8 Å². The summed E-state index contributed by atoms with van der Waals surface area (Å²) in [7, 11) is 1.38. The fraction of sp³-hybridized carbons (Fsp3) is 0.581. The number of rotatable bonds is 3. The van der Waals surface area contributed by atoms with Gasteiger partial charge in [-0.3, -0.25) is 4.90 Å². The fourth-order valence-electron chi connectivity index (χ4n) is 7.31. The minimum Gasteiger partial charge on any atom is -0.378 e. The molecule has 0 unspecified atom stereocenters. The zero-order valence-electron chi connectivity index (χ0n) is 25.0. The average molecular weight is 652 g/mol. The lowest BCUT2D eigenvalue weighted by atomic mass is 9.78. The third-order valence-electron chi connectivity index (χ3n) is 9.80. The van der Waals surface area contributed by atoms with Crippen LogP contribution in [0.15, 0.2) is 36.4 Å². The maximum absolute atomic E-state index is 14.1. The van der Waals surface area contributed by atoms with Crippen molar-refractivity contribution in [3.63, 3.8) is 0 Å². The maximum Gasteiger partial charge on any atom is 0.416 e. The number of likely N-dealkylation sites (tertiary alicyclic amines) is 1. The predicted molar refractivity (Wildman–Crippen MR) is 153 cm³/mol. The van der Waals surface area contributed by atoms with Gasteiger partial charge in [0.15, 0.2) is 0 Å². The Morgan fingerprint density at radius 1 is 1.00 bits per heavy atom. The molecule has 3 aliphatic rings. The summed E-state index contributed by atoms with van der Waals surface area (Å²) in [5, 5.41) is 0. The lowest BCUT2D eigenvalue weighted by molar-refractivity contribution is -0.143. The topological polar surface area (TPSA) is 36.0 Å². The van der Waals surface area contributed by atoms with Gasteiger partial charge in [0.1, 0.15) is 5.82 Å². The van der Waals surface area contributed by atoms with E-state index in [0.717, 1.165) is 24.9 Å². The number of hydrogen-bond acceptors (Lipinski definition) is 3. The molecule has 13 heteroatoms. The smallest absolute Gasteiger partial charge is 0.378 e. The van der Waals surface area contributed by atoms with Gasteiger partial charge < -0.3 is 14.5 Å². The molecule has 0 saturated carbocycles. The van der Waals surface area contributed by atoms with Gasteiger partial charge in [0.2, 0.25) is 0 Å². The van der Waals surface area contributed by atoms with Crippen LogP contribution in [0.2, 0.25) is 0 Å². The van der Waals surface area contributed by atoms with E-state index < -0.39 is 47.4 Å². The molecule has 0 N–H and O–H groups in total. The molecule has 3 heterocycles. The number of hydrogen-bond donors (Lipinski definition) is 0. The van der Waals surface area contributed by atoms with Gasteiger partial charge in [0, 0.05) is 31.2 Å². The molecule has 0 aromatic heterocycles. The Kier molecular flexibility index (Phi) is 9.34. The number of aryl methyl sites for hydroxylation is 1. The molecule has 244 valence electrons. The van der Waals surface area contributed by atoms with Crippen molar-refractivity contribution in [2.45, 2.75) is 82.0 Å². The molecule has 0 bridgehead atoms. The number of halogens is 8. The van der Waals surface area contributed by atoms with Crippen LogP contribution in [0.3, 0.4) is 0 Å². The van der Waals surface area contributed by atoms with Crippen molar-refractivity contribution in [3.05, 3.63) is 70.0 Å². The highest BCUT2D eigenvalue weighted by Gasteiger charge is 2.56. The summed E-state index contributed by atoms with van der Waals surface area (Å²) in [6, 6.07) is 3.70. The molecular weight excluding hydrogens is 615 g/mol. The number of urea groups is 1. The van der Waals surface area contributed by atoms with E-state index in [1.54, 1.807) is 17.9 Å². The van der Waals surface area contributed by atoms with Crippen LogP contribution in [0.25, 0.3) is 0 Å². The Hall–Kier alpha value is -2.57. The maximum atomic E-state index is 14.1. The number of morpholine rings is 1. The van der Waals surface area contributed by atoms with Crippen molar-refractivity contribution in [2.75, 3.05) is 33.4 Å².